The number of aryl methyl sites for hydroxylation is 1. The SMILES string of the molecule is CCc1ccc(OC[C@@H](N)C(C)C)cc1. The minimum Gasteiger partial charge on any atom is -0.492 e. The quantitative estimate of drug-likeness (QED) is 0.805. The summed E-state index contributed by atoms with van der Waals surface area (Å²) in [6.07, 6.45) is 1.06. The number of hydrogen-bond acceptors (Lipinski definition) is 2. The van der Waals surface area contributed by atoms with Crippen molar-refractivity contribution in [2.75, 3.05) is 6.61 Å². The molecule has 2 nitrogen and oxygen atoms in total. The van der Waals surface area contributed by atoms with Crippen LogP contribution in [0, 0.1) is 5.92 Å². The van der Waals surface area contributed by atoms with Crippen molar-refractivity contribution >= 4 is 0 Å². The van der Waals surface area contributed by atoms with E-state index in [4.69, 9.17) is 10.5 Å². The summed E-state index contributed by atoms with van der Waals surface area (Å²) in [4.78, 5) is 0. The Labute approximate surface area is 92.4 Å². The first-order valence-electron chi connectivity index (χ1n) is 5.60. The zero-order valence-corrected chi connectivity index (χ0v) is 9.86. The van der Waals surface area contributed by atoms with Crippen LogP contribution >= 0.6 is 0 Å². The van der Waals surface area contributed by atoms with Gasteiger partial charge < -0.3 is 10.5 Å². The Kier molecular flexibility index (Phi) is 4.63. The van der Waals surface area contributed by atoms with E-state index in [1.54, 1.807) is 0 Å². The maximum Gasteiger partial charge on any atom is 0.119 e. The number of nitrogens with two attached hydrogens (primary N) is 1. The van der Waals surface area contributed by atoms with Gasteiger partial charge in [-0.05, 0) is 30.0 Å². The molecule has 0 fully saturated rings. The van der Waals surface area contributed by atoms with E-state index in [0.29, 0.717) is 12.5 Å². The molecular formula is C13H21NO. The Morgan fingerprint density at radius 3 is 2.27 bits per heavy atom. The van der Waals surface area contributed by atoms with Crippen LogP contribution in [0.3, 0.4) is 0 Å². The highest BCUT2D eigenvalue weighted by Crippen LogP contribution is 2.13. The van der Waals surface area contributed by atoms with Gasteiger partial charge in [0.1, 0.15) is 12.4 Å². The van der Waals surface area contributed by atoms with Crippen LogP contribution in [0.1, 0.15) is 26.3 Å². The number of benzene rings is 1. The summed E-state index contributed by atoms with van der Waals surface area (Å²) in [5, 5.41) is 0. The summed E-state index contributed by atoms with van der Waals surface area (Å²) in [5.41, 5.74) is 7.22. The molecule has 0 saturated heterocycles. The second-order valence-electron chi connectivity index (χ2n) is 4.22. The van der Waals surface area contributed by atoms with Gasteiger partial charge in [0.05, 0.1) is 0 Å². The van der Waals surface area contributed by atoms with Gasteiger partial charge in [-0.3, -0.25) is 0 Å². The molecule has 0 heterocycles. The van der Waals surface area contributed by atoms with Crippen LogP contribution in [0.5, 0.6) is 5.75 Å². The molecule has 0 radical (unpaired) electrons. The fraction of sp³-hybridized carbons (Fsp3) is 0.538. The van der Waals surface area contributed by atoms with E-state index in [-0.39, 0.29) is 6.04 Å². The molecule has 0 saturated carbocycles. The highest BCUT2D eigenvalue weighted by Gasteiger charge is 2.07. The minimum absolute atomic E-state index is 0.107. The Morgan fingerprint density at radius 1 is 1.20 bits per heavy atom. The maximum absolute atomic E-state index is 5.90. The molecule has 15 heavy (non-hydrogen) atoms. The highest BCUT2D eigenvalue weighted by atomic mass is 16.5. The average Bonchev–Trinajstić information content (AvgIpc) is 2.26. The molecule has 0 aliphatic rings. The lowest BCUT2D eigenvalue weighted by Crippen LogP contribution is -2.32. The Balaban J connectivity index is 2.44. The lowest BCUT2D eigenvalue weighted by atomic mass is 10.1. The molecule has 0 aliphatic heterocycles. The molecule has 0 amide bonds. The first-order chi connectivity index (χ1) is 7.13. The van der Waals surface area contributed by atoms with Gasteiger partial charge in [-0.1, -0.05) is 32.9 Å². The zero-order valence-electron chi connectivity index (χ0n) is 9.86. The van der Waals surface area contributed by atoms with Crippen molar-refractivity contribution in [2.24, 2.45) is 11.7 Å². The van der Waals surface area contributed by atoms with E-state index in [1.807, 2.05) is 12.1 Å². The highest BCUT2D eigenvalue weighted by molar-refractivity contribution is 5.27. The number of hydrogen-bond donors (Lipinski definition) is 1. The number of rotatable bonds is 5. The smallest absolute Gasteiger partial charge is 0.119 e. The maximum atomic E-state index is 5.90. The first-order valence-corrected chi connectivity index (χ1v) is 5.60. The summed E-state index contributed by atoms with van der Waals surface area (Å²) in [6.45, 7) is 6.94. The monoisotopic (exact) mass is 207 g/mol. The van der Waals surface area contributed by atoms with Crippen molar-refractivity contribution in [3.8, 4) is 5.75 Å². The predicted molar refractivity (Wildman–Crippen MR) is 64.1 cm³/mol. The predicted octanol–water partition coefficient (Wildman–Crippen LogP) is 2.61. The van der Waals surface area contributed by atoms with Gasteiger partial charge in [0, 0.05) is 6.04 Å². The van der Waals surface area contributed by atoms with Crippen molar-refractivity contribution in [1.82, 2.24) is 0 Å². The third-order valence-corrected chi connectivity index (χ3v) is 2.63. The third-order valence-electron chi connectivity index (χ3n) is 2.63. The van der Waals surface area contributed by atoms with Crippen molar-refractivity contribution in [2.45, 2.75) is 33.2 Å². The van der Waals surface area contributed by atoms with Crippen LogP contribution in [0.25, 0.3) is 0 Å². The largest absolute Gasteiger partial charge is 0.492 e. The summed E-state index contributed by atoms with van der Waals surface area (Å²) in [6, 6.07) is 8.31. The normalized spacial score (nSPS) is 12.9. The molecule has 1 rings (SSSR count). The van der Waals surface area contributed by atoms with Gasteiger partial charge in [0.25, 0.3) is 0 Å². The van der Waals surface area contributed by atoms with Gasteiger partial charge in [-0.15, -0.1) is 0 Å². The van der Waals surface area contributed by atoms with Gasteiger partial charge in [0.15, 0.2) is 0 Å². The second-order valence-corrected chi connectivity index (χ2v) is 4.22. The Hall–Kier alpha value is -1.02. The molecule has 0 aliphatic carbocycles. The average molecular weight is 207 g/mol. The summed E-state index contributed by atoms with van der Waals surface area (Å²) in [5.74, 6) is 1.36. The molecule has 2 N–H and O–H groups in total. The van der Waals surface area contributed by atoms with Crippen molar-refractivity contribution in [3.63, 3.8) is 0 Å². The Bertz CT molecular complexity index is 279. The van der Waals surface area contributed by atoms with Crippen LogP contribution in [-0.2, 0) is 6.42 Å². The molecule has 0 spiro atoms. The minimum atomic E-state index is 0.107. The van der Waals surface area contributed by atoms with Crippen LogP contribution in [0.15, 0.2) is 24.3 Å². The third kappa shape index (κ3) is 3.92. The molecular weight excluding hydrogens is 186 g/mol. The molecule has 84 valence electrons. The topological polar surface area (TPSA) is 35.2 Å². The lowest BCUT2D eigenvalue weighted by Gasteiger charge is -2.16. The van der Waals surface area contributed by atoms with Gasteiger partial charge in [-0.25, -0.2) is 0 Å². The van der Waals surface area contributed by atoms with Gasteiger partial charge in [0.2, 0.25) is 0 Å². The van der Waals surface area contributed by atoms with E-state index in [2.05, 4.69) is 32.9 Å². The second kappa shape index (κ2) is 5.76. The molecule has 1 aromatic rings. The number of ether oxygens (including phenoxy) is 1. The summed E-state index contributed by atoms with van der Waals surface area (Å²) >= 11 is 0. The Morgan fingerprint density at radius 2 is 1.80 bits per heavy atom. The molecule has 2 heteroatoms. The van der Waals surface area contributed by atoms with Crippen molar-refractivity contribution in [1.29, 1.82) is 0 Å². The van der Waals surface area contributed by atoms with Crippen LogP contribution < -0.4 is 10.5 Å². The molecule has 0 bridgehead atoms. The molecule has 1 atom stereocenters. The van der Waals surface area contributed by atoms with Gasteiger partial charge >= 0.3 is 0 Å². The molecule has 0 unspecified atom stereocenters. The van der Waals surface area contributed by atoms with E-state index >= 15 is 0 Å². The van der Waals surface area contributed by atoms with Crippen molar-refractivity contribution in [3.05, 3.63) is 29.8 Å². The van der Waals surface area contributed by atoms with Crippen molar-refractivity contribution < 1.29 is 4.74 Å². The summed E-state index contributed by atoms with van der Waals surface area (Å²) in [7, 11) is 0. The molecule has 1 aromatic carbocycles. The van der Waals surface area contributed by atoms with Gasteiger partial charge in [-0.2, -0.15) is 0 Å². The fourth-order valence-corrected chi connectivity index (χ4v) is 1.21. The first kappa shape index (κ1) is 12.1. The van der Waals surface area contributed by atoms with E-state index < -0.39 is 0 Å². The van der Waals surface area contributed by atoms with Crippen LogP contribution in [0.4, 0.5) is 0 Å². The lowest BCUT2D eigenvalue weighted by molar-refractivity contribution is 0.259. The van der Waals surface area contributed by atoms with E-state index in [0.717, 1.165) is 12.2 Å². The van der Waals surface area contributed by atoms with Crippen LogP contribution in [0.2, 0.25) is 0 Å². The van der Waals surface area contributed by atoms with E-state index in [1.165, 1.54) is 5.56 Å². The molecule has 0 aromatic heterocycles. The fourth-order valence-electron chi connectivity index (χ4n) is 1.21. The van der Waals surface area contributed by atoms with E-state index in [9.17, 15) is 0 Å². The van der Waals surface area contributed by atoms with Crippen LogP contribution in [-0.4, -0.2) is 12.6 Å². The summed E-state index contributed by atoms with van der Waals surface area (Å²) < 4.78 is 5.60. The standard InChI is InChI=1S/C13H21NO/c1-4-11-5-7-12(8-6-11)15-9-13(14)10(2)3/h5-8,10,13H,4,9,14H2,1-3H3/t13-/m1/s1. The zero-order chi connectivity index (χ0) is 11.3.